The van der Waals surface area contributed by atoms with E-state index >= 15 is 0 Å². The highest BCUT2D eigenvalue weighted by atomic mass is 35.5. The van der Waals surface area contributed by atoms with Crippen molar-refractivity contribution >= 4 is 30.0 Å². The number of carbonyl (C=O) groups is 2. The van der Waals surface area contributed by atoms with Crippen LogP contribution in [0.4, 0.5) is 5.69 Å². The molecule has 0 fully saturated rings. The summed E-state index contributed by atoms with van der Waals surface area (Å²) >= 11 is 0. The van der Waals surface area contributed by atoms with Crippen molar-refractivity contribution < 1.29 is 19.1 Å². The number of likely N-dealkylation sites (N-methyl/N-ethyl adjacent to an activating group) is 1. The van der Waals surface area contributed by atoms with E-state index in [4.69, 9.17) is 4.74 Å². The van der Waals surface area contributed by atoms with Crippen LogP contribution in [0.25, 0.3) is 0 Å². The van der Waals surface area contributed by atoms with Crippen molar-refractivity contribution in [1.29, 1.82) is 0 Å². The molecule has 0 radical (unpaired) electrons. The summed E-state index contributed by atoms with van der Waals surface area (Å²) in [5.74, 6) is -0.176. The van der Waals surface area contributed by atoms with Gasteiger partial charge in [-0.3, -0.25) is 4.79 Å². The van der Waals surface area contributed by atoms with E-state index < -0.39 is 5.97 Å². The fraction of sp³-hybridized carbons (Fsp3) is 0.429. The number of benzene rings is 1. The first-order chi connectivity index (χ1) is 9.47. The van der Waals surface area contributed by atoms with E-state index in [1.807, 2.05) is 13.8 Å². The molecule has 6 nitrogen and oxygen atoms in total. The Morgan fingerprint density at radius 2 is 1.95 bits per heavy atom. The van der Waals surface area contributed by atoms with Crippen LogP contribution in [-0.4, -0.2) is 38.7 Å². The molecule has 1 aromatic rings. The number of anilines is 1. The van der Waals surface area contributed by atoms with Gasteiger partial charge in [0, 0.05) is 0 Å². The number of rotatable bonds is 6. The molecule has 2 N–H and O–H groups in total. The quantitative estimate of drug-likeness (QED) is 0.783. The third kappa shape index (κ3) is 6.01. The molecule has 1 aromatic carbocycles. The lowest BCUT2D eigenvalue weighted by atomic mass is 10.2. The minimum absolute atomic E-state index is 0. The minimum atomic E-state index is -0.467. The summed E-state index contributed by atoms with van der Waals surface area (Å²) in [6.07, 6.45) is -0.0427. The van der Waals surface area contributed by atoms with Crippen LogP contribution < -0.4 is 15.4 Å². The summed E-state index contributed by atoms with van der Waals surface area (Å²) in [4.78, 5) is 23.2. The van der Waals surface area contributed by atoms with Gasteiger partial charge in [0.1, 0.15) is 5.75 Å². The van der Waals surface area contributed by atoms with E-state index in [0.29, 0.717) is 17.0 Å². The van der Waals surface area contributed by atoms with Gasteiger partial charge >= 0.3 is 5.97 Å². The van der Waals surface area contributed by atoms with Crippen LogP contribution in [0.15, 0.2) is 18.2 Å². The van der Waals surface area contributed by atoms with Gasteiger partial charge in [-0.1, -0.05) is 0 Å². The zero-order valence-electron chi connectivity index (χ0n) is 12.6. The maximum absolute atomic E-state index is 11.7. The van der Waals surface area contributed by atoms with Gasteiger partial charge in [-0.2, -0.15) is 0 Å². The zero-order valence-corrected chi connectivity index (χ0v) is 13.4. The highest BCUT2D eigenvalue weighted by Gasteiger charge is 2.13. The molecule has 0 unspecified atom stereocenters. The minimum Gasteiger partial charge on any atom is -0.489 e. The highest BCUT2D eigenvalue weighted by molar-refractivity contribution is 5.96. The van der Waals surface area contributed by atoms with Gasteiger partial charge in [-0.25, -0.2) is 4.79 Å². The number of methoxy groups -OCH3 is 1. The van der Waals surface area contributed by atoms with Crippen molar-refractivity contribution in [2.24, 2.45) is 0 Å². The molecule has 0 spiro atoms. The van der Waals surface area contributed by atoms with Crippen LogP contribution in [0.1, 0.15) is 24.2 Å². The number of nitrogens with one attached hydrogen (secondary N) is 2. The molecule has 7 heteroatoms. The molecule has 0 aliphatic heterocycles. The van der Waals surface area contributed by atoms with E-state index in [0.717, 1.165) is 0 Å². The average Bonchev–Trinajstić information content (AvgIpc) is 2.39. The largest absolute Gasteiger partial charge is 0.489 e. The van der Waals surface area contributed by atoms with Gasteiger partial charge in [0.05, 0.1) is 31.0 Å². The number of ether oxygens (including phenoxy) is 2. The van der Waals surface area contributed by atoms with Crippen LogP contribution in [0.5, 0.6) is 5.75 Å². The number of hydrogen-bond acceptors (Lipinski definition) is 5. The molecule has 0 saturated heterocycles. The Bertz CT molecular complexity index is 492. The van der Waals surface area contributed by atoms with Gasteiger partial charge in [-0.15, -0.1) is 12.4 Å². The third-order valence-electron chi connectivity index (χ3n) is 2.37. The van der Waals surface area contributed by atoms with Crippen molar-refractivity contribution in [3.05, 3.63) is 23.8 Å². The average molecular weight is 317 g/mol. The molecule has 1 rings (SSSR count). The molecular formula is C14H21ClN2O4. The van der Waals surface area contributed by atoms with Crippen molar-refractivity contribution in [2.75, 3.05) is 26.0 Å². The Labute approximate surface area is 130 Å². The van der Waals surface area contributed by atoms with E-state index in [-0.39, 0.29) is 31.0 Å². The molecule has 21 heavy (non-hydrogen) atoms. The zero-order chi connectivity index (χ0) is 15.1. The van der Waals surface area contributed by atoms with E-state index in [9.17, 15) is 9.59 Å². The van der Waals surface area contributed by atoms with E-state index in [1.165, 1.54) is 13.2 Å². The van der Waals surface area contributed by atoms with Crippen LogP contribution >= 0.6 is 12.4 Å². The topological polar surface area (TPSA) is 76.7 Å². The first-order valence-electron chi connectivity index (χ1n) is 6.31. The number of esters is 1. The standard InChI is InChI=1S/C14H20N2O4.ClH/c1-9(2)20-12-6-5-10(14(18)19-4)7-11(12)16-13(17)8-15-3;/h5-7,9,15H,8H2,1-4H3,(H,16,17);1H. The summed E-state index contributed by atoms with van der Waals surface area (Å²) in [6, 6.07) is 4.77. The molecule has 0 aromatic heterocycles. The molecule has 0 heterocycles. The number of carbonyl (C=O) groups excluding carboxylic acids is 2. The molecule has 0 atom stereocenters. The summed E-state index contributed by atoms with van der Waals surface area (Å²) in [5, 5.41) is 5.45. The monoisotopic (exact) mass is 316 g/mol. The number of halogens is 1. The van der Waals surface area contributed by atoms with Gasteiger partial charge in [0.25, 0.3) is 0 Å². The fourth-order valence-electron chi connectivity index (χ4n) is 1.58. The second kappa shape index (κ2) is 9.20. The normalized spacial score (nSPS) is 9.76. The van der Waals surface area contributed by atoms with Crippen molar-refractivity contribution in [1.82, 2.24) is 5.32 Å². The summed E-state index contributed by atoms with van der Waals surface area (Å²) in [7, 11) is 2.98. The predicted molar refractivity (Wildman–Crippen MR) is 83.3 cm³/mol. The number of hydrogen-bond donors (Lipinski definition) is 2. The Hall–Kier alpha value is -1.79. The maximum atomic E-state index is 11.7. The second-order valence-corrected chi connectivity index (χ2v) is 4.45. The molecular weight excluding hydrogens is 296 g/mol. The molecule has 0 bridgehead atoms. The summed E-state index contributed by atoms with van der Waals surface area (Å²) < 4.78 is 10.3. The third-order valence-corrected chi connectivity index (χ3v) is 2.37. The van der Waals surface area contributed by atoms with Crippen LogP contribution in [0, 0.1) is 0 Å². The second-order valence-electron chi connectivity index (χ2n) is 4.45. The SMILES string of the molecule is CNCC(=O)Nc1cc(C(=O)OC)ccc1OC(C)C.Cl. The van der Waals surface area contributed by atoms with Gasteiger partial charge in [0.2, 0.25) is 5.91 Å². The highest BCUT2D eigenvalue weighted by Crippen LogP contribution is 2.27. The Morgan fingerprint density at radius 1 is 1.29 bits per heavy atom. The maximum Gasteiger partial charge on any atom is 0.337 e. The lowest BCUT2D eigenvalue weighted by molar-refractivity contribution is -0.115. The Kier molecular flexibility index (Phi) is 8.42. The van der Waals surface area contributed by atoms with Gasteiger partial charge < -0.3 is 20.1 Å². The lowest BCUT2D eigenvalue weighted by Crippen LogP contribution is -2.25. The smallest absolute Gasteiger partial charge is 0.337 e. The number of amides is 1. The molecule has 0 aliphatic rings. The van der Waals surface area contributed by atoms with Crippen LogP contribution in [0.2, 0.25) is 0 Å². The van der Waals surface area contributed by atoms with Crippen LogP contribution in [0.3, 0.4) is 0 Å². The lowest BCUT2D eigenvalue weighted by Gasteiger charge is -2.15. The first-order valence-corrected chi connectivity index (χ1v) is 6.31. The predicted octanol–water partition coefficient (Wildman–Crippen LogP) is 1.84. The van der Waals surface area contributed by atoms with E-state index in [2.05, 4.69) is 15.4 Å². The Morgan fingerprint density at radius 3 is 2.48 bits per heavy atom. The first kappa shape index (κ1) is 19.2. The van der Waals surface area contributed by atoms with Crippen molar-refractivity contribution in [3.63, 3.8) is 0 Å². The molecule has 0 aliphatic carbocycles. The van der Waals surface area contributed by atoms with Gasteiger partial charge in [-0.05, 0) is 39.1 Å². The van der Waals surface area contributed by atoms with Gasteiger partial charge in [0.15, 0.2) is 0 Å². The molecule has 118 valence electrons. The van der Waals surface area contributed by atoms with Crippen LogP contribution in [-0.2, 0) is 9.53 Å². The van der Waals surface area contributed by atoms with E-state index in [1.54, 1.807) is 19.2 Å². The van der Waals surface area contributed by atoms with Crippen molar-refractivity contribution in [2.45, 2.75) is 20.0 Å². The van der Waals surface area contributed by atoms with Crippen molar-refractivity contribution in [3.8, 4) is 5.75 Å². The Balaban J connectivity index is 0.00000400. The molecule has 0 saturated carbocycles. The summed E-state index contributed by atoms with van der Waals surface area (Å²) in [6.45, 7) is 3.93. The summed E-state index contributed by atoms with van der Waals surface area (Å²) in [5.41, 5.74) is 0.796. The molecule has 1 amide bonds. The fourth-order valence-corrected chi connectivity index (χ4v) is 1.58.